The number of hydrogen-bond donors (Lipinski definition) is 3. The Morgan fingerprint density at radius 1 is 0.964 bits per heavy atom. The second-order valence-electron chi connectivity index (χ2n) is 6.12. The summed E-state index contributed by atoms with van der Waals surface area (Å²) in [6, 6.07) is 0. The summed E-state index contributed by atoms with van der Waals surface area (Å²) >= 11 is 0. The molecule has 28 heavy (non-hydrogen) atoms. The van der Waals surface area contributed by atoms with Gasteiger partial charge in [-0.1, -0.05) is 6.42 Å². The highest BCUT2D eigenvalue weighted by Crippen LogP contribution is 2.38. The van der Waals surface area contributed by atoms with Crippen molar-refractivity contribution in [1.82, 2.24) is 10.3 Å². The summed E-state index contributed by atoms with van der Waals surface area (Å²) in [6.07, 6.45) is 4.74. The minimum atomic E-state index is -0.788. The maximum atomic E-state index is 12.0. The first-order valence-electron chi connectivity index (χ1n) is 8.87. The molecule has 2 rings (SSSR count). The van der Waals surface area contributed by atoms with Crippen LogP contribution in [0.3, 0.4) is 0 Å². The van der Waals surface area contributed by atoms with Crippen molar-refractivity contribution in [2.24, 2.45) is 0 Å². The van der Waals surface area contributed by atoms with Gasteiger partial charge in [-0.15, -0.1) is 0 Å². The van der Waals surface area contributed by atoms with Gasteiger partial charge in [0.2, 0.25) is 5.76 Å². The van der Waals surface area contributed by atoms with Gasteiger partial charge in [0.15, 0.2) is 17.3 Å². The van der Waals surface area contributed by atoms with Gasteiger partial charge >= 0.3 is 5.97 Å². The number of aliphatic carboxylic acids is 1. The van der Waals surface area contributed by atoms with E-state index in [-0.39, 0.29) is 18.1 Å². The largest absolute Gasteiger partial charge is 0.491 e. The van der Waals surface area contributed by atoms with E-state index in [1.54, 1.807) is 13.2 Å². The molecule has 0 spiro atoms. The summed E-state index contributed by atoms with van der Waals surface area (Å²) < 4.78 is 21.4. The van der Waals surface area contributed by atoms with Crippen LogP contribution in [0.1, 0.15) is 37.1 Å². The molecule has 9 heteroatoms. The summed E-state index contributed by atoms with van der Waals surface area (Å²) in [5.74, 6) is 0.312. The number of amides is 1. The first-order chi connectivity index (χ1) is 13.5. The van der Waals surface area contributed by atoms with Crippen molar-refractivity contribution in [2.45, 2.75) is 32.1 Å². The van der Waals surface area contributed by atoms with Crippen LogP contribution in [-0.4, -0.2) is 50.4 Å². The zero-order valence-electron chi connectivity index (χ0n) is 16.5. The molecule has 3 N–H and O–H groups in total. The number of carbonyl (C=O) groups is 2. The maximum Gasteiger partial charge on any atom is 0.303 e. The quantitative estimate of drug-likeness (QED) is 0.492. The van der Waals surface area contributed by atoms with Gasteiger partial charge in [-0.05, 0) is 25.3 Å². The number of hydrogen-bond acceptors (Lipinski definition) is 6. The Morgan fingerprint density at radius 2 is 1.64 bits per heavy atom. The second-order valence-corrected chi connectivity index (χ2v) is 6.12. The van der Waals surface area contributed by atoms with E-state index < -0.39 is 5.97 Å². The fraction of sp³-hybridized carbons (Fsp3) is 0.474. The van der Waals surface area contributed by atoms with Gasteiger partial charge in [0, 0.05) is 6.42 Å². The van der Waals surface area contributed by atoms with Crippen LogP contribution >= 0.6 is 0 Å². The molecule has 0 radical (unpaired) electrons. The monoisotopic (exact) mass is 394 g/mol. The molecule has 1 aliphatic rings. The highest BCUT2D eigenvalue weighted by atomic mass is 16.5. The lowest BCUT2D eigenvalue weighted by atomic mass is 10.1. The molecule has 0 atom stereocenters. The molecule has 0 saturated carbocycles. The van der Waals surface area contributed by atoms with E-state index in [0.29, 0.717) is 41.5 Å². The van der Waals surface area contributed by atoms with Gasteiger partial charge in [-0.2, -0.15) is 0 Å². The van der Waals surface area contributed by atoms with Crippen LogP contribution < -0.4 is 14.8 Å². The molecule has 0 unspecified atom stereocenters. The number of nitrogens with one attached hydrogen (secondary N) is 2. The normalized spacial score (nSPS) is 15.0. The van der Waals surface area contributed by atoms with Crippen LogP contribution in [-0.2, 0) is 25.5 Å². The van der Waals surface area contributed by atoms with Crippen LogP contribution in [0.15, 0.2) is 17.2 Å². The number of carboxylic acids is 1. The predicted octanol–water partition coefficient (Wildman–Crippen LogP) is 2.19. The Balaban J connectivity index is 2.25. The molecule has 0 saturated heterocycles. The fourth-order valence-corrected chi connectivity index (χ4v) is 3.08. The second kappa shape index (κ2) is 9.72. The molecular formula is C19H26N2O7. The Hall–Kier alpha value is -3.10. The van der Waals surface area contributed by atoms with Gasteiger partial charge in [0.05, 0.1) is 45.5 Å². The topological polar surface area (TPSA) is 119 Å². The minimum Gasteiger partial charge on any atom is -0.491 e. The van der Waals surface area contributed by atoms with Crippen molar-refractivity contribution in [1.29, 1.82) is 0 Å². The van der Waals surface area contributed by atoms with Crippen molar-refractivity contribution >= 4 is 18.0 Å². The van der Waals surface area contributed by atoms with Crippen molar-refractivity contribution < 1.29 is 33.6 Å². The van der Waals surface area contributed by atoms with Crippen molar-refractivity contribution in [3.8, 4) is 11.5 Å². The minimum absolute atomic E-state index is 0.102. The summed E-state index contributed by atoms with van der Waals surface area (Å²) in [5.41, 5.74) is 1.89. The molecule has 2 heterocycles. The lowest BCUT2D eigenvalue weighted by Crippen LogP contribution is -2.17. The van der Waals surface area contributed by atoms with E-state index in [0.717, 1.165) is 18.5 Å². The van der Waals surface area contributed by atoms with Gasteiger partial charge in [-0.25, -0.2) is 0 Å². The molecular weight excluding hydrogens is 368 g/mol. The number of unbranched alkanes of at least 4 members (excludes halogenated alkanes) is 2. The average Bonchev–Trinajstić information content (AvgIpc) is 3.16. The lowest BCUT2D eigenvalue weighted by Gasteiger charge is -2.06. The highest BCUT2D eigenvalue weighted by molar-refractivity contribution is 5.99. The Morgan fingerprint density at radius 3 is 2.21 bits per heavy atom. The third-order valence-electron chi connectivity index (χ3n) is 4.34. The molecule has 1 aromatic heterocycles. The van der Waals surface area contributed by atoms with Gasteiger partial charge in [0.25, 0.3) is 5.91 Å². The lowest BCUT2D eigenvalue weighted by molar-refractivity contribution is -0.137. The number of ether oxygens (including phenoxy) is 4. The first-order valence-corrected chi connectivity index (χ1v) is 8.87. The molecule has 1 aromatic rings. The number of carboxylic acid groups (broad SMARTS) is 1. The molecule has 1 aliphatic heterocycles. The van der Waals surface area contributed by atoms with Crippen LogP contribution in [0.2, 0.25) is 0 Å². The molecule has 9 nitrogen and oxygen atoms in total. The van der Waals surface area contributed by atoms with Crippen molar-refractivity contribution in [3.63, 3.8) is 0 Å². The number of aromatic amines is 1. The van der Waals surface area contributed by atoms with Crippen molar-refractivity contribution in [3.05, 3.63) is 28.6 Å². The summed E-state index contributed by atoms with van der Waals surface area (Å²) in [5, 5.41) is 11.4. The molecule has 1 amide bonds. The molecule has 0 bridgehead atoms. The Labute approximate surface area is 163 Å². The standard InChI is InChI=1S/C19H26N2O7/c1-25-15-11(8-6-5-7-9-14(22)23)20-12(16(15)26-2)10-13-17(27-3)18(28-4)19(24)21-13/h10,20H,5-9H2,1-4H3,(H,21,24)(H,22,23)/b13-10-. The Bertz CT molecular complexity index is 792. The van der Waals surface area contributed by atoms with Crippen LogP contribution in [0.4, 0.5) is 0 Å². The van der Waals surface area contributed by atoms with E-state index in [1.165, 1.54) is 21.3 Å². The Kier molecular flexibility index (Phi) is 7.36. The third kappa shape index (κ3) is 4.59. The van der Waals surface area contributed by atoms with E-state index in [1.807, 2.05) is 0 Å². The average molecular weight is 394 g/mol. The number of aromatic nitrogens is 1. The smallest absolute Gasteiger partial charge is 0.303 e. The van der Waals surface area contributed by atoms with Gasteiger partial charge < -0.3 is 34.4 Å². The van der Waals surface area contributed by atoms with Gasteiger partial charge in [-0.3, -0.25) is 9.59 Å². The number of rotatable bonds is 11. The third-order valence-corrected chi connectivity index (χ3v) is 4.34. The summed E-state index contributed by atoms with van der Waals surface area (Å²) in [4.78, 5) is 25.8. The zero-order chi connectivity index (χ0) is 20.7. The van der Waals surface area contributed by atoms with Crippen molar-refractivity contribution in [2.75, 3.05) is 28.4 Å². The fourth-order valence-electron chi connectivity index (χ4n) is 3.08. The number of methoxy groups -OCH3 is 4. The SMILES string of the molecule is COC1=C(OC)/C(=C/c2[nH]c(CCCCCC(=O)O)c(OC)c2OC)NC1=O. The summed E-state index contributed by atoms with van der Waals surface area (Å²) in [6.45, 7) is 0. The van der Waals surface area contributed by atoms with Crippen LogP contribution in [0.5, 0.6) is 11.5 Å². The number of aryl methyl sites for hydroxylation is 1. The van der Waals surface area contributed by atoms with Crippen LogP contribution in [0, 0.1) is 0 Å². The number of H-pyrrole nitrogens is 1. The summed E-state index contributed by atoms with van der Waals surface area (Å²) in [7, 11) is 5.94. The van der Waals surface area contributed by atoms with Crippen LogP contribution in [0.25, 0.3) is 6.08 Å². The van der Waals surface area contributed by atoms with E-state index in [9.17, 15) is 9.59 Å². The molecule has 0 fully saturated rings. The van der Waals surface area contributed by atoms with E-state index in [2.05, 4.69) is 10.3 Å². The highest BCUT2D eigenvalue weighted by Gasteiger charge is 2.30. The zero-order valence-corrected chi connectivity index (χ0v) is 16.5. The molecule has 0 aliphatic carbocycles. The number of carbonyl (C=O) groups excluding carboxylic acids is 1. The molecule has 154 valence electrons. The maximum absolute atomic E-state index is 12.0. The van der Waals surface area contributed by atoms with Gasteiger partial charge in [0.1, 0.15) is 0 Å². The van der Waals surface area contributed by atoms with E-state index >= 15 is 0 Å². The van der Waals surface area contributed by atoms with E-state index in [4.69, 9.17) is 24.1 Å². The molecule has 0 aromatic carbocycles. The predicted molar refractivity (Wildman–Crippen MR) is 101 cm³/mol. The first kappa shape index (κ1) is 21.2.